The Bertz CT molecular complexity index is 964. The molecule has 1 rings (SSSR count). The van der Waals surface area contributed by atoms with Gasteiger partial charge in [0, 0.05) is 0 Å². The zero-order chi connectivity index (χ0) is 27.5. The molecule has 5 N–H and O–H groups in total. The Labute approximate surface area is 216 Å². The number of sulfone groups is 1. The summed E-state index contributed by atoms with van der Waals surface area (Å²) in [4.78, 5) is 28.2. The molecule has 3 atom stereocenters. The van der Waals surface area contributed by atoms with Crippen LogP contribution < -0.4 is 16.7 Å². The third kappa shape index (κ3) is 8.69. The van der Waals surface area contributed by atoms with Gasteiger partial charge in [-0.05, 0) is 57.3 Å². The van der Waals surface area contributed by atoms with Gasteiger partial charge in [0.2, 0.25) is 11.8 Å². The molecule has 1 aromatic carbocycles. The van der Waals surface area contributed by atoms with Crippen molar-refractivity contribution in [1.29, 1.82) is 0 Å². The predicted octanol–water partition coefficient (Wildman–Crippen LogP) is 2.63. The number of hydroxylamine groups is 1. The van der Waals surface area contributed by atoms with E-state index < -0.39 is 38.2 Å². The third-order valence-electron chi connectivity index (χ3n) is 6.21. The summed E-state index contributed by atoms with van der Waals surface area (Å²) in [6.07, 6.45) is 3.85. The number of nitrogens with two attached hydrogens (primary N) is 1. The summed E-state index contributed by atoms with van der Waals surface area (Å²) in [7, 11) is -0.315. The molecule has 1 aromatic rings. The van der Waals surface area contributed by atoms with Gasteiger partial charge in [-0.25, -0.2) is 19.7 Å². The molecule has 0 saturated heterocycles. The van der Waals surface area contributed by atoms with Gasteiger partial charge in [0.25, 0.3) is 0 Å². The number of benzene rings is 1. The fourth-order valence-corrected chi connectivity index (χ4v) is 7.16. The van der Waals surface area contributed by atoms with Crippen LogP contribution in [0.4, 0.5) is 0 Å². The van der Waals surface area contributed by atoms with Gasteiger partial charge in [-0.15, -0.1) is 0 Å². The maximum absolute atomic E-state index is 14.3. The smallest absolute Gasteiger partial charge is 0.249 e. The molecule has 0 bridgehead atoms. The maximum Gasteiger partial charge on any atom is 0.249 e. The molecule has 0 fully saturated rings. The van der Waals surface area contributed by atoms with E-state index in [0.717, 1.165) is 5.56 Å². The van der Waals surface area contributed by atoms with Gasteiger partial charge in [0.1, 0.15) is 4.75 Å². The Hall–Kier alpha value is -2.27. The normalized spacial score (nSPS) is 15.8. The molecule has 2 amide bonds. The van der Waals surface area contributed by atoms with Crippen LogP contribution in [-0.4, -0.2) is 61.5 Å². The van der Waals surface area contributed by atoms with Gasteiger partial charge < -0.3 is 4.90 Å². The van der Waals surface area contributed by atoms with E-state index in [2.05, 4.69) is 5.43 Å². The first kappa shape index (κ1) is 31.8. The van der Waals surface area contributed by atoms with Gasteiger partial charge in [-0.2, -0.15) is 0 Å². The van der Waals surface area contributed by atoms with Crippen molar-refractivity contribution in [3.8, 4) is 0 Å². The van der Waals surface area contributed by atoms with Crippen LogP contribution in [0.15, 0.2) is 36.4 Å². The fourth-order valence-electron chi connectivity index (χ4n) is 4.75. The highest BCUT2D eigenvalue weighted by Crippen LogP contribution is 2.43. The Morgan fingerprint density at radius 2 is 1.69 bits per heavy atom. The number of hydrazine groups is 1. The molecule has 1 unspecified atom stereocenters. The van der Waals surface area contributed by atoms with Crippen molar-refractivity contribution < 1.29 is 23.2 Å². The van der Waals surface area contributed by atoms with Crippen molar-refractivity contribution in [2.75, 3.05) is 26.4 Å². The predicted molar refractivity (Wildman–Crippen MR) is 143 cm³/mol. The van der Waals surface area contributed by atoms with Gasteiger partial charge in [-0.3, -0.25) is 20.2 Å². The average Bonchev–Trinajstić information content (AvgIpc) is 2.80. The highest BCUT2D eigenvalue weighted by molar-refractivity contribution is 7.93. The van der Waals surface area contributed by atoms with E-state index in [1.807, 2.05) is 77.0 Å². The molecular formula is C26H44N4O5S. The minimum atomic E-state index is -4.03. The monoisotopic (exact) mass is 524 g/mol. The third-order valence-corrected chi connectivity index (χ3v) is 8.75. The summed E-state index contributed by atoms with van der Waals surface area (Å²) >= 11 is 0. The molecule has 0 radical (unpaired) electrons. The van der Waals surface area contributed by atoms with Crippen LogP contribution in [-0.2, 0) is 19.4 Å². The molecule has 10 heteroatoms. The molecule has 0 spiro atoms. The number of rotatable bonds is 15. The number of carbonyl (C=O) groups excluding carboxylic acids is 2. The molecule has 0 heterocycles. The minimum Gasteiger partial charge on any atom is -0.309 e. The number of hydrogen-bond donors (Lipinski definition) is 4. The second kappa shape index (κ2) is 14.5. The highest BCUT2D eigenvalue weighted by Gasteiger charge is 2.55. The topological polar surface area (TPSA) is 142 Å². The molecule has 0 aliphatic heterocycles. The second-order valence-electron chi connectivity index (χ2n) is 10.5. The number of hydrogen-bond acceptors (Lipinski definition) is 7. The zero-order valence-electron chi connectivity index (χ0n) is 22.4. The quantitative estimate of drug-likeness (QED) is 0.120. The molecule has 36 heavy (non-hydrogen) atoms. The zero-order valence-corrected chi connectivity index (χ0v) is 23.2. The first-order chi connectivity index (χ1) is 16.8. The van der Waals surface area contributed by atoms with Crippen LogP contribution in [0.3, 0.4) is 0 Å². The lowest BCUT2D eigenvalue weighted by molar-refractivity contribution is -0.142. The van der Waals surface area contributed by atoms with Crippen LogP contribution in [0.25, 0.3) is 6.08 Å². The summed E-state index contributed by atoms with van der Waals surface area (Å²) < 4.78 is 26.7. The van der Waals surface area contributed by atoms with Crippen molar-refractivity contribution >= 4 is 27.7 Å². The van der Waals surface area contributed by atoms with Gasteiger partial charge in [0.15, 0.2) is 9.84 Å². The number of nitrogens with zero attached hydrogens (tertiary/aromatic N) is 1. The number of amides is 2. The summed E-state index contributed by atoms with van der Waals surface area (Å²) in [5, 5.41) is 9.75. The number of nitrogens with one attached hydrogen (secondary N) is 2. The van der Waals surface area contributed by atoms with Crippen LogP contribution in [0.2, 0.25) is 0 Å². The van der Waals surface area contributed by atoms with Crippen molar-refractivity contribution in [3.63, 3.8) is 0 Å². The SMILES string of the molecule is CC(C)C[C@@H](C(=O)NN)[C@@H](C(=O)NO)C(/C=C/c1ccccc1)(CC(C)C)S(=O)(=O)CCCN(C)C. The van der Waals surface area contributed by atoms with E-state index in [4.69, 9.17) is 5.84 Å². The van der Waals surface area contributed by atoms with Crippen molar-refractivity contribution in [2.24, 2.45) is 29.5 Å². The van der Waals surface area contributed by atoms with E-state index in [1.54, 1.807) is 17.6 Å². The average molecular weight is 525 g/mol. The second-order valence-corrected chi connectivity index (χ2v) is 12.9. The first-order valence-electron chi connectivity index (χ1n) is 12.4. The lowest BCUT2D eigenvalue weighted by atomic mass is 9.72. The Balaban J connectivity index is 3.97. The van der Waals surface area contributed by atoms with E-state index >= 15 is 0 Å². The van der Waals surface area contributed by atoms with Gasteiger partial charge in [-0.1, -0.05) is 70.2 Å². The fraction of sp³-hybridized carbons (Fsp3) is 0.615. The molecule has 204 valence electrons. The lowest BCUT2D eigenvalue weighted by Crippen LogP contribution is -2.58. The van der Waals surface area contributed by atoms with E-state index in [9.17, 15) is 23.2 Å². The standard InChI is InChI=1S/C26H44N4O5S/c1-19(2)17-22(24(31)28-27)23(25(32)29-33)26(18-20(3)4,14-13-21-11-8-7-9-12-21)36(34,35)16-10-15-30(5)6/h7-9,11-14,19-20,22-23,33H,10,15-18,27H2,1-6H3,(H,28,31)(H,29,32)/b14-13+/t22-,23+,26?/m1/s1. The summed E-state index contributed by atoms with van der Waals surface area (Å²) in [6.45, 7) is 8.03. The van der Waals surface area contributed by atoms with E-state index in [-0.39, 0.29) is 30.4 Å². The molecule has 0 aliphatic rings. The summed E-state index contributed by atoms with van der Waals surface area (Å²) in [5.74, 6) is 1.01. The molecule has 0 aromatic heterocycles. The summed E-state index contributed by atoms with van der Waals surface area (Å²) in [5.41, 5.74) is 4.52. The van der Waals surface area contributed by atoms with Crippen LogP contribution in [0.5, 0.6) is 0 Å². The first-order valence-corrected chi connectivity index (χ1v) is 14.0. The molecule has 0 aliphatic carbocycles. The Kier molecular flexibility index (Phi) is 12.8. The van der Waals surface area contributed by atoms with Crippen molar-refractivity contribution in [2.45, 2.75) is 51.7 Å². The van der Waals surface area contributed by atoms with Crippen molar-refractivity contribution in [3.05, 3.63) is 42.0 Å². The molecular weight excluding hydrogens is 480 g/mol. The van der Waals surface area contributed by atoms with Crippen molar-refractivity contribution in [1.82, 2.24) is 15.8 Å². The summed E-state index contributed by atoms with van der Waals surface area (Å²) in [6, 6.07) is 9.17. The van der Waals surface area contributed by atoms with Crippen LogP contribution in [0.1, 0.15) is 52.5 Å². The molecule has 9 nitrogen and oxygen atoms in total. The number of carbonyl (C=O) groups is 2. The van der Waals surface area contributed by atoms with Crippen LogP contribution >= 0.6 is 0 Å². The Morgan fingerprint density at radius 1 is 1.08 bits per heavy atom. The lowest BCUT2D eigenvalue weighted by Gasteiger charge is -2.41. The Morgan fingerprint density at radius 3 is 2.17 bits per heavy atom. The minimum absolute atomic E-state index is 0.0485. The largest absolute Gasteiger partial charge is 0.309 e. The van der Waals surface area contributed by atoms with Crippen LogP contribution in [0, 0.1) is 23.7 Å². The van der Waals surface area contributed by atoms with E-state index in [0.29, 0.717) is 13.0 Å². The van der Waals surface area contributed by atoms with Gasteiger partial charge >= 0.3 is 0 Å². The van der Waals surface area contributed by atoms with Gasteiger partial charge in [0.05, 0.1) is 17.6 Å². The van der Waals surface area contributed by atoms with E-state index in [1.165, 1.54) is 0 Å². The highest BCUT2D eigenvalue weighted by atomic mass is 32.2. The maximum atomic E-state index is 14.3. The molecule has 0 saturated carbocycles.